The highest BCUT2D eigenvalue weighted by atomic mass is 79.9. The summed E-state index contributed by atoms with van der Waals surface area (Å²) in [6.45, 7) is -0.126. The molecule has 0 aliphatic rings. The van der Waals surface area contributed by atoms with Crippen LogP contribution in [0.5, 0.6) is 0 Å². The van der Waals surface area contributed by atoms with E-state index in [0.717, 1.165) is 20.3 Å². The molecule has 0 heterocycles. The lowest BCUT2D eigenvalue weighted by Crippen LogP contribution is -2.12. The average Bonchev–Trinajstić information content (AvgIpc) is 2.53. The Labute approximate surface area is 156 Å². The van der Waals surface area contributed by atoms with Gasteiger partial charge in [-0.3, -0.25) is 9.59 Å². The normalized spacial score (nSPS) is 9.42. The third kappa shape index (κ3) is 8.54. The Kier molecular flexibility index (Phi) is 8.88. The first-order valence-corrected chi connectivity index (χ1v) is 8.38. The Morgan fingerprint density at radius 1 is 0.875 bits per heavy atom. The molecule has 0 aromatic heterocycles. The first-order valence-electron chi connectivity index (χ1n) is 6.80. The van der Waals surface area contributed by atoms with Crippen LogP contribution in [0, 0.1) is 0 Å². The van der Waals surface area contributed by atoms with Crippen molar-refractivity contribution in [2.45, 2.75) is 0 Å². The van der Waals surface area contributed by atoms with Crippen LogP contribution >= 0.6 is 31.9 Å². The number of hydrogen-bond acceptors (Lipinski definition) is 4. The van der Waals surface area contributed by atoms with E-state index in [1.807, 2.05) is 48.5 Å². The third-order valence-electron chi connectivity index (χ3n) is 2.57. The molecule has 2 aromatic carbocycles. The standard InChI is InChI=1S/2C8H8BrNO2/c9-6-2-1-3-7(4-6)10-5-8(11)12;9-6-3-1-2-4-7(6)10-5-8(11)12/h2*1-4,10H,5H2,(H,11,12). The van der Waals surface area contributed by atoms with Crippen LogP contribution in [0.2, 0.25) is 0 Å². The molecule has 0 radical (unpaired) electrons. The van der Waals surface area contributed by atoms with Crippen molar-refractivity contribution in [2.75, 3.05) is 23.7 Å². The fourth-order valence-corrected chi connectivity index (χ4v) is 2.38. The van der Waals surface area contributed by atoms with Crippen LogP contribution in [0.1, 0.15) is 0 Å². The van der Waals surface area contributed by atoms with Gasteiger partial charge in [-0.1, -0.05) is 34.1 Å². The van der Waals surface area contributed by atoms with Gasteiger partial charge in [-0.2, -0.15) is 0 Å². The highest BCUT2D eigenvalue weighted by molar-refractivity contribution is 9.10. The van der Waals surface area contributed by atoms with Gasteiger partial charge in [0.05, 0.1) is 0 Å². The summed E-state index contributed by atoms with van der Waals surface area (Å²) < 4.78 is 1.80. The molecule has 0 atom stereocenters. The molecule has 2 aromatic rings. The molecule has 0 aliphatic heterocycles. The highest BCUT2D eigenvalue weighted by Gasteiger charge is 1.99. The zero-order valence-corrected chi connectivity index (χ0v) is 15.7. The van der Waals surface area contributed by atoms with Gasteiger partial charge < -0.3 is 20.8 Å². The molecule has 0 fully saturated rings. The lowest BCUT2D eigenvalue weighted by atomic mass is 10.3. The predicted octanol–water partition coefficient (Wildman–Crippen LogP) is 3.89. The summed E-state index contributed by atoms with van der Waals surface area (Å²) in [7, 11) is 0. The molecule has 8 heteroatoms. The molecular formula is C16H16Br2N2O4. The van der Waals surface area contributed by atoms with Gasteiger partial charge in [-0.25, -0.2) is 0 Å². The molecule has 0 saturated carbocycles. The van der Waals surface area contributed by atoms with E-state index >= 15 is 0 Å². The highest BCUT2D eigenvalue weighted by Crippen LogP contribution is 2.20. The maximum atomic E-state index is 10.2. The minimum absolute atomic E-state index is 0.0591. The number of anilines is 2. The minimum atomic E-state index is -0.870. The van der Waals surface area contributed by atoms with Crippen molar-refractivity contribution in [3.05, 3.63) is 57.5 Å². The first kappa shape index (κ1) is 20.0. The summed E-state index contributed by atoms with van der Waals surface area (Å²) in [4.78, 5) is 20.4. The lowest BCUT2D eigenvalue weighted by molar-refractivity contribution is -0.135. The van der Waals surface area contributed by atoms with E-state index in [0.29, 0.717) is 0 Å². The van der Waals surface area contributed by atoms with Gasteiger partial charge in [0.15, 0.2) is 0 Å². The van der Waals surface area contributed by atoms with Gasteiger partial charge in [0.25, 0.3) is 0 Å². The zero-order valence-electron chi connectivity index (χ0n) is 12.5. The predicted molar refractivity (Wildman–Crippen MR) is 101 cm³/mol. The van der Waals surface area contributed by atoms with E-state index < -0.39 is 11.9 Å². The van der Waals surface area contributed by atoms with Crippen molar-refractivity contribution in [1.82, 2.24) is 0 Å². The maximum absolute atomic E-state index is 10.2. The number of para-hydroxylation sites is 1. The van der Waals surface area contributed by atoms with Crippen LogP contribution in [-0.4, -0.2) is 35.2 Å². The van der Waals surface area contributed by atoms with Crippen molar-refractivity contribution in [1.29, 1.82) is 0 Å². The average molecular weight is 460 g/mol. The molecule has 0 aliphatic carbocycles. The number of nitrogens with one attached hydrogen (secondary N) is 2. The molecule has 4 N–H and O–H groups in total. The molecule has 2 rings (SSSR count). The molecule has 128 valence electrons. The first-order chi connectivity index (χ1) is 11.4. The second-order valence-electron chi connectivity index (χ2n) is 4.48. The van der Waals surface area contributed by atoms with Gasteiger partial charge in [0.2, 0.25) is 0 Å². The van der Waals surface area contributed by atoms with Crippen LogP contribution in [-0.2, 0) is 9.59 Å². The summed E-state index contributed by atoms with van der Waals surface area (Å²) in [5, 5.41) is 22.3. The van der Waals surface area contributed by atoms with Gasteiger partial charge in [-0.05, 0) is 46.3 Å². The Morgan fingerprint density at radius 2 is 1.50 bits per heavy atom. The minimum Gasteiger partial charge on any atom is -0.480 e. The van der Waals surface area contributed by atoms with E-state index in [9.17, 15) is 9.59 Å². The summed E-state index contributed by atoms with van der Waals surface area (Å²) in [6, 6.07) is 14.7. The lowest BCUT2D eigenvalue weighted by Gasteiger charge is -2.04. The fraction of sp³-hybridized carbons (Fsp3) is 0.125. The topological polar surface area (TPSA) is 98.7 Å². The van der Waals surface area contributed by atoms with Gasteiger partial charge in [0.1, 0.15) is 13.1 Å². The number of halogens is 2. The van der Waals surface area contributed by atoms with E-state index in [1.165, 1.54) is 0 Å². The van der Waals surface area contributed by atoms with Crippen LogP contribution < -0.4 is 10.6 Å². The Balaban J connectivity index is 0.000000240. The smallest absolute Gasteiger partial charge is 0.322 e. The number of hydrogen-bond donors (Lipinski definition) is 4. The van der Waals surface area contributed by atoms with Crippen molar-refractivity contribution in [3.8, 4) is 0 Å². The molecule has 0 bridgehead atoms. The molecule has 6 nitrogen and oxygen atoms in total. The Morgan fingerprint density at radius 3 is 2.08 bits per heavy atom. The van der Waals surface area contributed by atoms with Gasteiger partial charge >= 0.3 is 11.9 Å². The molecule has 0 amide bonds. The largest absolute Gasteiger partial charge is 0.480 e. The van der Waals surface area contributed by atoms with Crippen molar-refractivity contribution >= 4 is 55.2 Å². The van der Waals surface area contributed by atoms with Crippen LogP contribution in [0.3, 0.4) is 0 Å². The molecular weight excluding hydrogens is 444 g/mol. The van der Waals surface area contributed by atoms with Crippen LogP contribution in [0.25, 0.3) is 0 Å². The maximum Gasteiger partial charge on any atom is 0.322 e. The summed E-state index contributed by atoms with van der Waals surface area (Å²) in [5.74, 6) is -1.74. The van der Waals surface area contributed by atoms with Gasteiger partial charge in [-0.15, -0.1) is 0 Å². The SMILES string of the molecule is O=C(O)CNc1cccc(Br)c1.O=C(O)CNc1ccccc1Br. The number of carboxylic acid groups (broad SMARTS) is 2. The van der Waals surface area contributed by atoms with Crippen molar-refractivity contribution in [2.24, 2.45) is 0 Å². The number of carboxylic acids is 2. The van der Waals surface area contributed by atoms with E-state index in [-0.39, 0.29) is 13.1 Å². The second-order valence-corrected chi connectivity index (χ2v) is 6.25. The van der Waals surface area contributed by atoms with Crippen LogP contribution in [0.15, 0.2) is 57.5 Å². The molecule has 0 saturated heterocycles. The molecule has 24 heavy (non-hydrogen) atoms. The van der Waals surface area contributed by atoms with Crippen LogP contribution in [0.4, 0.5) is 11.4 Å². The molecule has 0 spiro atoms. The van der Waals surface area contributed by atoms with E-state index in [4.69, 9.17) is 10.2 Å². The second kappa shape index (κ2) is 10.7. The number of aliphatic carboxylic acids is 2. The quantitative estimate of drug-likeness (QED) is 0.523. The van der Waals surface area contributed by atoms with Gasteiger partial charge in [0, 0.05) is 20.3 Å². The van der Waals surface area contributed by atoms with E-state index in [1.54, 1.807) is 0 Å². The fourth-order valence-electron chi connectivity index (χ4n) is 1.55. The number of rotatable bonds is 6. The third-order valence-corrected chi connectivity index (χ3v) is 3.76. The monoisotopic (exact) mass is 458 g/mol. The Bertz CT molecular complexity index is 695. The number of carbonyl (C=O) groups is 2. The summed E-state index contributed by atoms with van der Waals surface area (Å²) >= 11 is 6.57. The van der Waals surface area contributed by atoms with E-state index in [2.05, 4.69) is 42.5 Å². The van der Waals surface area contributed by atoms with Crippen molar-refractivity contribution < 1.29 is 19.8 Å². The Hall–Kier alpha value is -2.06. The summed E-state index contributed by atoms with van der Waals surface area (Å²) in [6.07, 6.45) is 0. The molecule has 0 unspecified atom stereocenters. The number of benzene rings is 2. The summed E-state index contributed by atoms with van der Waals surface area (Å²) in [5.41, 5.74) is 1.59. The van der Waals surface area contributed by atoms with Crippen molar-refractivity contribution in [3.63, 3.8) is 0 Å². The zero-order chi connectivity index (χ0) is 17.9.